The normalized spacial score (nSPS) is 22.9. The maximum Gasteiger partial charge on any atom is 0.101 e. The molecule has 1 aliphatic rings. The fourth-order valence-electron chi connectivity index (χ4n) is 1.10. The van der Waals surface area contributed by atoms with Gasteiger partial charge >= 0.3 is 0 Å². The quantitative estimate of drug-likeness (QED) is 0.495. The second-order valence-electron chi connectivity index (χ2n) is 3.23. The van der Waals surface area contributed by atoms with Gasteiger partial charge in [0.05, 0.1) is 0 Å². The maximum atomic E-state index is 11.1. The van der Waals surface area contributed by atoms with Crippen molar-refractivity contribution >= 4 is 0 Å². The van der Waals surface area contributed by atoms with Crippen LogP contribution in [-0.2, 0) is 5.11 Å². The van der Waals surface area contributed by atoms with Crippen LogP contribution in [0.4, 0.5) is 0 Å². The molecule has 0 aromatic heterocycles. The molecule has 1 fully saturated rings. The summed E-state index contributed by atoms with van der Waals surface area (Å²) in [4.78, 5) is 0. The van der Waals surface area contributed by atoms with E-state index in [2.05, 4.69) is 0 Å². The minimum absolute atomic E-state index is 0.475. The van der Waals surface area contributed by atoms with Gasteiger partial charge in [0.2, 0.25) is 0 Å². The van der Waals surface area contributed by atoms with Crippen molar-refractivity contribution in [3.8, 4) is 0 Å². The molecule has 1 rings (SSSR count). The molecule has 0 atom stereocenters. The third-order valence-corrected chi connectivity index (χ3v) is 2.09. The molecule has 0 aromatic rings. The Bertz CT molecular complexity index is 76.9. The van der Waals surface area contributed by atoms with Gasteiger partial charge in [0, 0.05) is 0 Å². The van der Waals surface area contributed by atoms with Crippen molar-refractivity contribution in [1.82, 2.24) is 0 Å². The van der Waals surface area contributed by atoms with Crippen molar-refractivity contribution in [1.29, 1.82) is 0 Å². The van der Waals surface area contributed by atoms with Gasteiger partial charge in [-0.25, -0.2) is 5.11 Å². The first-order valence-corrected chi connectivity index (χ1v) is 3.31. The van der Waals surface area contributed by atoms with E-state index in [4.69, 9.17) is 0 Å². The predicted octanol–water partition coefficient (Wildman–Crippen LogP) is 2.00. The summed E-state index contributed by atoms with van der Waals surface area (Å²) in [6, 6.07) is 0. The van der Waals surface area contributed by atoms with E-state index in [1.165, 1.54) is 6.42 Å². The van der Waals surface area contributed by atoms with Crippen LogP contribution >= 0.6 is 0 Å². The molecule has 1 radical (unpaired) electrons. The number of rotatable bonds is 1. The van der Waals surface area contributed by atoms with E-state index < -0.39 is 5.60 Å². The summed E-state index contributed by atoms with van der Waals surface area (Å²) in [6.45, 7) is 3.58. The number of hydrogen-bond donors (Lipinski definition) is 0. The molecule has 0 saturated heterocycles. The fraction of sp³-hybridized carbons (Fsp3) is 1.00. The van der Waals surface area contributed by atoms with Crippen LogP contribution in [0.3, 0.4) is 0 Å². The van der Waals surface area contributed by atoms with Gasteiger partial charge in [-0.3, -0.25) is 0 Å². The second-order valence-corrected chi connectivity index (χ2v) is 3.23. The Balaban J connectivity index is 2.34. The summed E-state index contributed by atoms with van der Waals surface area (Å²) in [5, 5.41) is 11.1. The number of hydrogen-bond acceptors (Lipinski definition) is 0. The van der Waals surface area contributed by atoms with Crippen LogP contribution in [0.25, 0.3) is 0 Å². The summed E-state index contributed by atoms with van der Waals surface area (Å²) in [7, 11) is 0. The minimum Gasteiger partial charge on any atom is -0.230 e. The van der Waals surface area contributed by atoms with Crippen molar-refractivity contribution in [2.45, 2.75) is 38.7 Å². The van der Waals surface area contributed by atoms with Crippen LogP contribution in [0.15, 0.2) is 0 Å². The molecular formula is C7H13O. The zero-order valence-corrected chi connectivity index (χ0v) is 5.61. The average Bonchev–Trinajstić information content (AvgIpc) is 1.16. The van der Waals surface area contributed by atoms with E-state index in [1.807, 2.05) is 0 Å². The molecule has 1 aliphatic carbocycles. The molecule has 0 N–H and O–H groups in total. The van der Waals surface area contributed by atoms with E-state index in [-0.39, 0.29) is 0 Å². The summed E-state index contributed by atoms with van der Waals surface area (Å²) < 4.78 is 0. The summed E-state index contributed by atoms with van der Waals surface area (Å²) >= 11 is 0. The molecular weight excluding hydrogens is 100 g/mol. The van der Waals surface area contributed by atoms with E-state index in [0.29, 0.717) is 5.92 Å². The highest BCUT2D eigenvalue weighted by molar-refractivity contribution is 4.82. The molecule has 0 bridgehead atoms. The smallest absolute Gasteiger partial charge is 0.101 e. The van der Waals surface area contributed by atoms with Crippen LogP contribution in [0, 0.1) is 5.92 Å². The highest BCUT2D eigenvalue weighted by Gasteiger charge is 2.33. The summed E-state index contributed by atoms with van der Waals surface area (Å²) in [6.07, 6.45) is 3.60. The molecule has 8 heavy (non-hydrogen) atoms. The third-order valence-electron chi connectivity index (χ3n) is 2.09. The van der Waals surface area contributed by atoms with Gasteiger partial charge in [0.15, 0.2) is 0 Å². The van der Waals surface area contributed by atoms with E-state index in [0.717, 1.165) is 12.8 Å². The van der Waals surface area contributed by atoms with Crippen molar-refractivity contribution in [3.05, 3.63) is 0 Å². The summed E-state index contributed by atoms with van der Waals surface area (Å²) in [5.41, 5.74) is -0.655. The predicted molar refractivity (Wildman–Crippen MR) is 32.1 cm³/mol. The molecule has 1 nitrogen and oxygen atoms in total. The van der Waals surface area contributed by atoms with Gasteiger partial charge in [0.25, 0.3) is 0 Å². The van der Waals surface area contributed by atoms with Crippen LogP contribution in [-0.4, -0.2) is 5.60 Å². The maximum absolute atomic E-state index is 11.1. The lowest BCUT2D eigenvalue weighted by Gasteiger charge is -2.34. The van der Waals surface area contributed by atoms with Crippen molar-refractivity contribution in [2.24, 2.45) is 5.92 Å². The first-order valence-electron chi connectivity index (χ1n) is 3.31. The SMILES string of the molecule is CC(C)([O])C1CCC1. The highest BCUT2D eigenvalue weighted by atomic mass is 16.3. The fourth-order valence-corrected chi connectivity index (χ4v) is 1.10. The van der Waals surface area contributed by atoms with Crippen LogP contribution in [0.1, 0.15) is 33.1 Å². The molecule has 0 amide bonds. The van der Waals surface area contributed by atoms with Crippen LogP contribution in [0.2, 0.25) is 0 Å². The largest absolute Gasteiger partial charge is 0.230 e. The minimum atomic E-state index is -0.655. The van der Waals surface area contributed by atoms with Crippen LogP contribution < -0.4 is 0 Å². The Morgan fingerprint density at radius 1 is 1.38 bits per heavy atom. The van der Waals surface area contributed by atoms with Crippen molar-refractivity contribution in [3.63, 3.8) is 0 Å². The average molecular weight is 113 g/mol. The van der Waals surface area contributed by atoms with E-state index in [1.54, 1.807) is 13.8 Å². The van der Waals surface area contributed by atoms with Gasteiger partial charge in [-0.2, -0.15) is 0 Å². The lowest BCUT2D eigenvalue weighted by Crippen LogP contribution is -2.34. The zero-order chi connectivity index (χ0) is 6.20. The first kappa shape index (κ1) is 6.09. The van der Waals surface area contributed by atoms with E-state index in [9.17, 15) is 5.11 Å². The van der Waals surface area contributed by atoms with Gasteiger partial charge in [-0.15, -0.1) is 0 Å². The zero-order valence-electron chi connectivity index (χ0n) is 5.61. The molecule has 1 saturated carbocycles. The van der Waals surface area contributed by atoms with Crippen molar-refractivity contribution in [2.75, 3.05) is 0 Å². The molecule has 0 aliphatic heterocycles. The Morgan fingerprint density at radius 3 is 1.88 bits per heavy atom. The highest BCUT2D eigenvalue weighted by Crippen LogP contribution is 2.35. The first-order chi connectivity index (χ1) is 3.61. The van der Waals surface area contributed by atoms with Gasteiger partial charge in [0.1, 0.15) is 5.60 Å². The Hall–Kier alpha value is -0.0400. The van der Waals surface area contributed by atoms with Gasteiger partial charge < -0.3 is 0 Å². The Labute approximate surface area is 50.7 Å². The van der Waals surface area contributed by atoms with E-state index >= 15 is 0 Å². The van der Waals surface area contributed by atoms with Crippen LogP contribution in [0.5, 0.6) is 0 Å². The molecule has 0 spiro atoms. The standard InChI is InChI=1S/C7H13O/c1-7(2,8)6-4-3-5-6/h6H,3-5H2,1-2H3. The van der Waals surface area contributed by atoms with Crippen molar-refractivity contribution < 1.29 is 5.11 Å². The second kappa shape index (κ2) is 1.73. The monoisotopic (exact) mass is 113 g/mol. The lowest BCUT2D eigenvalue weighted by atomic mass is 9.75. The summed E-state index contributed by atoms with van der Waals surface area (Å²) in [5.74, 6) is 0.475. The van der Waals surface area contributed by atoms with Gasteiger partial charge in [-0.1, -0.05) is 6.42 Å². The molecule has 0 aromatic carbocycles. The third kappa shape index (κ3) is 1.03. The molecule has 47 valence electrons. The Morgan fingerprint density at radius 2 is 1.88 bits per heavy atom. The molecule has 0 heterocycles. The van der Waals surface area contributed by atoms with Gasteiger partial charge in [-0.05, 0) is 32.6 Å². The Kier molecular flexibility index (Phi) is 1.31. The molecule has 0 unspecified atom stereocenters. The molecule has 1 heteroatoms. The lowest BCUT2D eigenvalue weighted by molar-refractivity contribution is -0.0733. The topological polar surface area (TPSA) is 19.9 Å².